The zero-order valence-corrected chi connectivity index (χ0v) is 13.8. The Morgan fingerprint density at radius 1 is 1.14 bits per heavy atom. The average Bonchev–Trinajstić information content (AvgIpc) is 2.34. The first-order valence-electron chi connectivity index (χ1n) is 7.28. The molecule has 120 valence electrons. The molecule has 1 aromatic heterocycles. The van der Waals surface area contributed by atoms with Crippen LogP contribution in [-0.4, -0.2) is 45.4 Å². The average molecular weight is 297 g/mol. The van der Waals surface area contributed by atoms with E-state index in [1.807, 2.05) is 13.8 Å². The maximum absolute atomic E-state index is 10.3. The minimum absolute atomic E-state index is 0.0194. The van der Waals surface area contributed by atoms with Crippen LogP contribution in [0.5, 0.6) is 6.01 Å². The van der Waals surface area contributed by atoms with Crippen LogP contribution >= 0.6 is 0 Å². The molecule has 1 rings (SSSR count). The summed E-state index contributed by atoms with van der Waals surface area (Å²) >= 11 is 0. The molecule has 0 radical (unpaired) electrons. The third kappa shape index (κ3) is 6.57. The van der Waals surface area contributed by atoms with Crippen LogP contribution in [0, 0.1) is 5.92 Å². The summed E-state index contributed by atoms with van der Waals surface area (Å²) in [6.07, 6.45) is 0.674. The highest BCUT2D eigenvalue weighted by Gasteiger charge is 2.22. The van der Waals surface area contributed by atoms with Crippen molar-refractivity contribution in [1.82, 2.24) is 15.0 Å². The number of ether oxygens (including phenoxy) is 1. The molecule has 0 bridgehead atoms. The largest absolute Gasteiger partial charge is 0.461 e. The molecule has 0 aliphatic rings. The minimum Gasteiger partial charge on any atom is -0.461 e. The van der Waals surface area contributed by atoms with Crippen LogP contribution in [0.25, 0.3) is 0 Å². The lowest BCUT2D eigenvalue weighted by atomic mass is 9.94. The number of anilines is 2. The molecule has 0 saturated heterocycles. The van der Waals surface area contributed by atoms with Crippen LogP contribution in [0.1, 0.15) is 41.0 Å². The van der Waals surface area contributed by atoms with Gasteiger partial charge in [0.25, 0.3) is 0 Å². The molecule has 1 heterocycles. The van der Waals surface area contributed by atoms with E-state index >= 15 is 0 Å². The Morgan fingerprint density at radius 2 is 1.76 bits per heavy atom. The fraction of sp³-hybridized carbons (Fsp3) is 0.786. The van der Waals surface area contributed by atoms with Gasteiger partial charge in [-0.2, -0.15) is 15.0 Å². The summed E-state index contributed by atoms with van der Waals surface area (Å²) < 4.78 is 5.49. The first-order valence-corrected chi connectivity index (χ1v) is 7.28. The molecule has 7 nitrogen and oxygen atoms in total. The molecule has 1 atom stereocenters. The van der Waals surface area contributed by atoms with Crippen molar-refractivity contribution < 1.29 is 9.84 Å². The summed E-state index contributed by atoms with van der Waals surface area (Å²) in [4.78, 5) is 12.5. The predicted octanol–water partition coefficient (Wildman–Crippen LogP) is 1.91. The fourth-order valence-electron chi connectivity index (χ4n) is 2.03. The van der Waals surface area contributed by atoms with Crippen molar-refractivity contribution in [1.29, 1.82) is 0 Å². The number of hydrogen-bond donors (Lipinski definition) is 3. The highest BCUT2D eigenvalue weighted by Crippen LogP contribution is 2.18. The third-order valence-corrected chi connectivity index (χ3v) is 2.65. The molecule has 0 spiro atoms. The molecule has 1 unspecified atom stereocenters. The molecule has 0 aliphatic carbocycles. The molecule has 7 heteroatoms. The van der Waals surface area contributed by atoms with Gasteiger partial charge in [0.2, 0.25) is 11.9 Å². The Labute approximate surface area is 126 Å². The van der Waals surface area contributed by atoms with Crippen molar-refractivity contribution in [3.63, 3.8) is 0 Å². The van der Waals surface area contributed by atoms with E-state index in [9.17, 15) is 5.11 Å². The quantitative estimate of drug-likeness (QED) is 0.675. The lowest BCUT2D eigenvalue weighted by molar-refractivity contribution is 0.0513. The lowest BCUT2D eigenvalue weighted by Crippen LogP contribution is -2.35. The molecule has 3 N–H and O–H groups in total. The van der Waals surface area contributed by atoms with Crippen LogP contribution in [-0.2, 0) is 0 Å². The van der Waals surface area contributed by atoms with Gasteiger partial charge in [0, 0.05) is 13.6 Å². The number of nitrogens with zero attached hydrogens (tertiary/aromatic N) is 3. The maximum atomic E-state index is 10.3. The molecule has 0 aromatic carbocycles. The number of aliphatic hydroxyl groups is 1. The minimum atomic E-state index is -0.820. The molecule has 1 aromatic rings. The molecule has 0 amide bonds. The monoisotopic (exact) mass is 297 g/mol. The SMILES string of the molecule is CNc1nc(NCC(C)(O)CC(C)C)nc(OC(C)C)n1. The van der Waals surface area contributed by atoms with Gasteiger partial charge < -0.3 is 20.5 Å². The van der Waals surface area contributed by atoms with E-state index in [-0.39, 0.29) is 12.1 Å². The summed E-state index contributed by atoms with van der Waals surface area (Å²) in [6.45, 7) is 10.1. The Morgan fingerprint density at radius 3 is 2.29 bits per heavy atom. The Bertz CT molecular complexity index is 449. The van der Waals surface area contributed by atoms with Gasteiger partial charge in [0.1, 0.15) is 0 Å². The van der Waals surface area contributed by atoms with Crippen LogP contribution in [0.3, 0.4) is 0 Å². The summed E-state index contributed by atoms with van der Waals surface area (Å²) in [5.74, 6) is 1.22. The van der Waals surface area contributed by atoms with Crippen LogP contribution in [0.15, 0.2) is 0 Å². The number of nitrogens with one attached hydrogen (secondary N) is 2. The summed E-state index contributed by atoms with van der Waals surface area (Å²) in [6, 6.07) is 0.260. The van der Waals surface area contributed by atoms with E-state index < -0.39 is 5.60 Å². The van der Waals surface area contributed by atoms with Crippen molar-refractivity contribution in [2.45, 2.75) is 52.7 Å². The van der Waals surface area contributed by atoms with Crippen molar-refractivity contribution in [2.75, 3.05) is 24.2 Å². The van der Waals surface area contributed by atoms with E-state index in [0.29, 0.717) is 30.8 Å². The molecular formula is C14H27N5O2. The van der Waals surface area contributed by atoms with Crippen LogP contribution in [0.2, 0.25) is 0 Å². The molecular weight excluding hydrogens is 270 g/mol. The van der Waals surface area contributed by atoms with Gasteiger partial charge in [-0.3, -0.25) is 0 Å². The highest BCUT2D eigenvalue weighted by molar-refractivity contribution is 5.35. The van der Waals surface area contributed by atoms with Gasteiger partial charge in [-0.05, 0) is 33.1 Å². The summed E-state index contributed by atoms with van der Waals surface area (Å²) in [5, 5.41) is 16.2. The molecule has 21 heavy (non-hydrogen) atoms. The smallest absolute Gasteiger partial charge is 0.323 e. The third-order valence-electron chi connectivity index (χ3n) is 2.65. The van der Waals surface area contributed by atoms with Crippen LogP contribution < -0.4 is 15.4 Å². The molecule has 0 fully saturated rings. The first kappa shape index (κ1) is 17.4. The van der Waals surface area contributed by atoms with Crippen molar-refractivity contribution in [3.8, 4) is 6.01 Å². The van der Waals surface area contributed by atoms with Gasteiger partial charge in [-0.25, -0.2) is 0 Å². The van der Waals surface area contributed by atoms with E-state index in [1.165, 1.54) is 0 Å². The number of rotatable bonds is 8. The topological polar surface area (TPSA) is 92.2 Å². The Kier molecular flexibility index (Phi) is 6.14. The second-order valence-corrected chi connectivity index (χ2v) is 6.13. The standard InChI is InChI=1S/C14H27N5O2/c1-9(2)7-14(5,20)8-16-12-17-11(15-6)18-13(19-12)21-10(3)4/h9-10,20H,7-8H2,1-6H3,(H2,15,16,17,18,19). The van der Waals surface area contributed by atoms with Gasteiger partial charge in [0.05, 0.1) is 11.7 Å². The maximum Gasteiger partial charge on any atom is 0.323 e. The summed E-state index contributed by atoms with van der Waals surface area (Å²) in [7, 11) is 1.73. The lowest BCUT2D eigenvalue weighted by Gasteiger charge is -2.25. The molecule has 0 aliphatic heterocycles. The second-order valence-electron chi connectivity index (χ2n) is 6.13. The Balaban J connectivity index is 2.78. The van der Waals surface area contributed by atoms with Crippen molar-refractivity contribution in [2.24, 2.45) is 5.92 Å². The van der Waals surface area contributed by atoms with Gasteiger partial charge in [-0.15, -0.1) is 0 Å². The number of aromatic nitrogens is 3. The van der Waals surface area contributed by atoms with Crippen molar-refractivity contribution >= 4 is 11.9 Å². The number of hydrogen-bond acceptors (Lipinski definition) is 7. The van der Waals surface area contributed by atoms with Crippen molar-refractivity contribution in [3.05, 3.63) is 0 Å². The van der Waals surface area contributed by atoms with Gasteiger partial charge in [0.15, 0.2) is 0 Å². The highest BCUT2D eigenvalue weighted by atomic mass is 16.5. The van der Waals surface area contributed by atoms with Gasteiger partial charge in [-0.1, -0.05) is 13.8 Å². The van der Waals surface area contributed by atoms with Crippen LogP contribution in [0.4, 0.5) is 11.9 Å². The summed E-state index contributed by atoms with van der Waals surface area (Å²) in [5.41, 5.74) is -0.820. The van der Waals surface area contributed by atoms with Gasteiger partial charge >= 0.3 is 6.01 Å². The van der Waals surface area contributed by atoms with E-state index in [1.54, 1.807) is 14.0 Å². The normalized spacial score (nSPS) is 14.1. The molecule has 0 saturated carbocycles. The predicted molar refractivity (Wildman–Crippen MR) is 83.7 cm³/mol. The van der Waals surface area contributed by atoms with E-state index in [2.05, 4.69) is 39.4 Å². The van der Waals surface area contributed by atoms with E-state index in [0.717, 1.165) is 0 Å². The van der Waals surface area contributed by atoms with E-state index in [4.69, 9.17) is 4.74 Å². The second kappa shape index (κ2) is 7.40. The first-order chi connectivity index (χ1) is 9.71. The zero-order valence-electron chi connectivity index (χ0n) is 13.8. The fourth-order valence-corrected chi connectivity index (χ4v) is 2.03. The zero-order chi connectivity index (χ0) is 16.0. The Hall–Kier alpha value is -1.63.